The van der Waals surface area contributed by atoms with Gasteiger partial charge in [-0.2, -0.15) is 0 Å². The number of piperidine rings is 1. The summed E-state index contributed by atoms with van der Waals surface area (Å²) in [5.74, 6) is 0.400. The van der Waals surface area contributed by atoms with Crippen molar-refractivity contribution < 1.29 is 17.9 Å². The van der Waals surface area contributed by atoms with Crippen molar-refractivity contribution in [2.45, 2.75) is 31.6 Å². The number of ether oxygens (including phenoxy) is 1. The van der Waals surface area contributed by atoms with Crippen LogP contribution in [0.1, 0.15) is 42.2 Å². The van der Waals surface area contributed by atoms with Crippen LogP contribution >= 0.6 is 23.2 Å². The highest BCUT2D eigenvalue weighted by atomic mass is 35.5. The Morgan fingerprint density at radius 3 is 2.59 bits per heavy atom. The van der Waals surface area contributed by atoms with E-state index in [4.69, 9.17) is 27.9 Å². The maximum Gasteiger partial charge on any atom is 0.252 e. The zero-order valence-electron chi connectivity index (χ0n) is 18.1. The van der Waals surface area contributed by atoms with Gasteiger partial charge in [0.2, 0.25) is 10.0 Å². The zero-order valence-corrected chi connectivity index (χ0v) is 20.4. The lowest BCUT2D eigenvalue weighted by atomic mass is 9.75. The molecule has 1 aliphatic heterocycles. The molecule has 1 saturated heterocycles. The van der Waals surface area contributed by atoms with Crippen molar-refractivity contribution in [3.63, 3.8) is 0 Å². The summed E-state index contributed by atoms with van der Waals surface area (Å²) < 4.78 is 32.2. The summed E-state index contributed by atoms with van der Waals surface area (Å²) in [6.07, 6.45) is 3.24. The second-order valence-corrected chi connectivity index (χ2v) is 10.8. The summed E-state index contributed by atoms with van der Waals surface area (Å²) in [4.78, 5) is 17.4. The third-order valence-corrected chi connectivity index (χ3v) is 8.41. The van der Waals surface area contributed by atoms with E-state index in [-0.39, 0.29) is 23.2 Å². The van der Waals surface area contributed by atoms with Gasteiger partial charge < -0.3 is 10.1 Å². The Hall–Kier alpha value is -1.87. The zero-order chi connectivity index (χ0) is 23.4. The highest BCUT2D eigenvalue weighted by molar-refractivity contribution is 7.89. The number of sulfonamides is 1. The first kappa shape index (κ1) is 24.8. The van der Waals surface area contributed by atoms with E-state index in [9.17, 15) is 13.2 Å². The Morgan fingerprint density at radius 1 is 1.25 bits per heavy atom. The van der Waals surface area contributed by atoms with Crippen LogP contribution in [0.15, 0.2) is 36.5 Å². The van der Waals surface area contributed by atoms with Crippen molar-refractivity contribution in [3.8, 4) is 5.75 Å². The molecule has 7 nitrogen and oxygen atoms in total. The number of rotatable bonds is 8. The molecule has 2 aromatic rings. The summed E-state index contributed by atoms with van der Waals surface area (Å²) in [5, 5.41) is 3.68. The van der Waals surface area contributed by atoms with Crippen LogP contribution in [-0.4, -0.2) is 56.1 Å². The molecule has 1 amide bonds. The Kier molecular flexibility index (Phi) is 8.03. The van der Waals surface area contributed by atoms with Crippen molar-refractivity contribution in [1.82, 2.24) is 14.6 Å². The van der Waals surface area contributed by atoms with E-state index < -0.39 is 15.4 Å². The summed E-state index contributed by atoms with van der Waals surface area (Å²) in [5.41, 5.74) is 0.444. The second kappa shape index (κ2) is 10.4. The number of pyridine rings is 1. The number of carbonyl (C=O) groups is 1. The normalized spacial score (nSPS) is 16.5. The first-order valence-corrected chi connectivity index (χ1v) is 12.8. The lowest BCUT2D eigenvalue weighted by Crippen LogP contribution is -2.51. The molecule has 0 unspecified atom stereocenters. The number of aromatic nitrogens is 1. The molecule has 0 bridgehead atoms. The molecule has 1 fully saturated rings. The van der Waals surface area contributed by atoms with Gasteiger partial charge in [0.1, 0.15) is 5.75 Å². The van der Waals surface area contributed by atoms with E-state index in [0.717, 1.165) is 0 Å². The number of amides is 1. The molecule has 1 N–H and O–H groups in total. The van der Waals surface area contributed by atoms with E-state index in [1.165, 1.54) is 10.4 Å². The van der Waals surface area contributed by atoms with E-state index in [0.29, 0.717) is 54.4 Å². The van der Waals surface area contributed by atoms with Crippen LogP contribution in [0.2, 0.25) is 10.0 Å². The summed E-state index contributed by atoms with van der Waals surface area (Å²) in [7, 11) is -1.73. The fourth-order valence-electron chi connectivity index (χ4n) is 4.05. The van der Waals surface area contributed by atoms with Crippen LogP contribution in [-0.2, 0) is 15.4 Å². The first-order valence-electron chi connectivity index (χ1n) is 10.4. The van der Waals surface area contributed by atoms with Crippen LogP contribution in [0.25, 0.3) is 0 Å². The molecule has 1 aromatic carbocycles. The molecule has 0 saturated carbocycles. The monoisotopic (exact) mass is 498 g/mol. The largest absolute Gasteiger partial charge is 0.495 e. The number of methoxy groups -OCH3 is 1. The van der Waals surface area contributed by atoms with E-state index in [1.807, 2.05) is 13.0 Å². The molecular weight excluding hydrogens is 472 g/mol. The number of hydrogen-bond donors (Lipinski definition) is 1. The summed E-state index contributed by atoms with van der Waals surface area (Å²) >= 11 is 12.1. The summed E-state index contributed by atoms with van der Waals surface area (Å²) in [6, 6.07) is 8.31. The highest BCUT2D eigenvalue weighted by Crippen LogP contribution is 2.39. The molecule has 0 radical (unpaired) electrons. The van der Waals surface area contributed by atoms with Gasteiger partial charge in [-0.05, 0) is 49.6 Å². The number of hydrogen-bond acceptors (Lipinski definition) is 5. The Morgan fingerprint density at radius 2 is 1.97 bits per heavy atom. The standard InChI is InChI=1S/C22H27Cl2N3O4S/c1-3-13-32(29,30)27-11-8-22(9-12-27,20-19(31-2)5-4-10-25-20)15-26-21(28)17-7-6-16(23)14-18(17)24/h4-7,10,14H,3,8-9,11-13,15H2,1-2H3,(H,26,28)/i2-1. The van der Waals surface area contributed by atoms with Crippen molar-refractivity contribution in [2.75, 3.05) is 32.5 Å². The van der Waals surface area contributed by atoms with E-state index in [1.54, 1.807) is 31.5 Å². The third kappa shape index (κ3) is 5.36. The molecule has 0 spiro atoms. The van der Waals surface area contributed by atoms with E-state index in [2.05, 4.69) is 10.3 Å². The molecule has 174 valence electrons. The quantitative estimate of drug-likeness (QED) is 0.595. The molecular formula is C22H27Cl2N3O4S. The lowest BCUT2D eigenvalue weighted by Gasteiger charge is -2.41. The number of benzene rings is 1. The first-order chi connectivity index (χ1) is 15.2. The fraction of sp³-hybridized carbons (Fsp3) is 0.455. The van der Waals surface area contributed by atoms with Gasteiger partial charge in [-0.3, -0.25) is 9.78 Å². The topological polar surface area (TPSA) is 88.6 Å². The molecule has 2 heterocycles. The smallest absolute Gasteiger partial charge is 0.252 e. The van der Waals surface area contributed by atoms with Gasteiger partial charge in [0, 0.05) is 36.3 Å². The average molecular weight is 499 g/mol. The average Bonchev–Trinajstić information content (AvgIpc) is 2.77. The number of nitrogens with zero attached hydrogens (tertiary/aromatic N) is 2. The minimum Gasteiger partial charge on any atom is -0.495 e. The van der Waals surface area contributed by atoms with Crippen molar-refractivity contribution in [2.24, 2.45) is 0 Å². The molecule has 3 rings (SSSR count). The third-order valence-electron chi connectivity index (χ3n) is 5.79. The Labute approximate surface area is 199 Å². The number of halogens is 2. The molecule has 1 aromatic heterocycles. The van der Waals surface area contributed by atoms with Gasteiger partial charge in [-0.25, -0.2) is 12.7 Å². The predicted octanol–water partition coefficient (Wildman–Crippen LogP) is 3.90. The second-order valence-electron chi connectivity index (χ2n) is 7.86. The minimum atomic E-state index is -3.30. The van der Waals surface area contributed by atoms with Gasteiger partial charge >= 0.3 is 0 Å². The van der Waals surface area contributed by atoms with Gasteiger partial charge in [-0.15, -0.1) is 0 Å². The molecule has 0 atom stereocenters. The van der Waals surface area contributed by atoms with Crippen molar-refractivity contribution >= 4 is 39.1 Å². The van der Waals surface area contributed by atoms with Crippen LogP contribution < -0.4 is 10.1 Å². The van der Waals surface area contributed by atoms with Crippen LogP contribution in [0, 0.1) is 0 Å². The molecule has 0 aliphatic carbocycles. The van der Waals surface area contributed by atoms with Crippen molar-refractivity contribution in [1.29, 1.82) is 0 Å². The Bertz CT molecular complexity index is 1070. The predicted molar refractivity (Wildman–Crippen MR) is 126 cm³/mol. The van der Waals surface area contributed by atoms with Crippen LogP contribution in [0.5, 0.6) is 5.75 Å². The SMILES string of the molecule is CCCS(=O)(=O)N1CCC(CNC(=O)c2ccc(Cl)cc2Cl)(c2ncccc2O[11CH3])CC1. The minimum absolute atomic E-state index is 0.124. The highest BCUT2D eigenvalue weighted by Gasteiger charge is 2.42. The maximum absolute atomic E-state index is 12.9. The number of carbonyl (C=O) groups excluding carboxylic acids is 1. The molecule has 1 aliphatic rings. The van der Waals surface area contributed by atoms with Crippen LogP contribution in [0.4, 0.5) is 0 Å². The van der Waals surface area contributed by atoms with Gasteiger partial charge in [-0.1, -0.05) is 30.1 Å². The molecule has 32 heavy (non-hydrogen) atoms. The molecule has 10 heteroatoms. The van der Waals surface area contributed by atoms with Gasteiger partial charge in [0.15, 0.2) is 0 Å². The summed E-state index contributed by atoms with van der Waals surface area (Å²) in [6.45, 7) is 2.81. The lowest BCUT2D eigenvalue weighted by molar-refractivity contribution is 0.0931. The maximum atomic E-state index is 12.9. The Balaban J connectivity index is 1.86. The van der Waals surface area contributed by atoms with Crippen molar-refractivity contribution in [3.05, 3.63) is 57.8 Å². The van der Waals surface area contributed by atoms with E-state index >= 15 is 0 Å². The van der Waals surface area contributed by atoms with Gasteiger partial charge in [0.05, 0.1) is 29.1 Å². The van der Waals surface area contributed by atoms with Gasteiger partial charge in [0.25, 0.3) is 5.91 Å². The fourth-order valence-corrected chi connectivity index (χ4v) is 6.06. The number of nitrogens with one attached hydrogen (secondary N) is 1. The van der Waals surface area contributed by atoms with Crippen LogP contribution in [0.3, 0.4) is 0 Å².